The molecule has 1 heterocycles. The molecule has 21 heavy (non-hydrogen) atoms. The molecule has 1 unspecified atom stereocenters. The maximum atomic E-state index is 5.13. The van der Waals surface area contributed by atoms with Crippen LogP contribution < -0.4 is 10.6 Å². The normalized spacial score (nSPS) is 12.5. The summed E-state index contributed by atoms with van der Waals surface area (Å²) in [5.41, 5.74) is 1.08. The quantitative estimate of drug-likeness (QED) is 0.729. The van der Waals surface area contributed by atoms with E-state index < -0.39 is 0 Å². The summed E-state index contributed by atoms with van der Waals surface area (Å²) in [6, 6.07) is 0.317. The van der Waals surface area contributed by atoms with E-state index in [1.54, 1.807) is 7.11 Å². The molecule has 1 rings (SSSR count). The van der Waals surface area contributed by atoms with Crippen LogP contribution in [0.5, 0.6) is 0 Å². The first kappa shape index (κ1) is 17.7. The van der Waals surface area contributed by atoms with Gasteiger partial charge in [0.1, 0.15) is 17.5 Å². The van der Waals surface area contributed by atoms with Gasteiger partial charge in [0.15, 0.2) is 0 Å². The van der Waals surface area contributed by atoms with Gasteiger partial charge >= 0.3 is 0 Å². The van der Waals surface area contributed by atoms with Crippen LogP contribution in [0.1, 0.15) is 57.8 Å². The van der Waals surface area contributed by atoms with Crippen LogP contribution >= 0.6 is 0 Å². The van der Waals surface area contributed by atoms with E-state index in [0.717, 1.165) is 49.0 Å². The van der Waals surface area contributed by atoms with Gasteiger partial charge in [0, 0.05) is 37.8 Å². The van der Waals surface area contributed by atoms with Crippen molar-refractivity contribution in [1.82, 2.24) is 9.97 Å². The molecule has 0 fully saturated rings. The standard InChI is InChI=1S/C16H30N4O/c1-7-9-17-15-13(5)16(18-12(4)8-10-21-6)20-14(19-15)11(2)3/h11-12H,7-10H2,1-6H3,(H2,17,18,19,20). The van der Waals surface area contributed by atoms with Crippen LogP contribution in [0.3, 0.4) is 0 Å². The van der Waals surface area contributed by atoms with Crippen molar-refractivity contribution in [3.63, 3.8) is 0 Å². The van der Waals surface area contributed by atoms with Gasteiger partial charge in [-0.3, -0.25) is 0 Å². The van der Waals surface area contributed by atoms with Crippen molar-refractivity contribution in [3.8, 4) is 0 Å². The Labute approximate surface area is 128 Å². The largest absolute Gasteiger partial charge is 0.385 e. The minimum atomic E-state index is 0.308. The first-order valence-electron chi connectivity index (χ1n) is 7.87. The third kappa shape index (κ3) is 5.50. The molecule has 0 spiro atoms. The second-order valence-electron chi connectivity index (χ2n) is 5.81. The maximum absolute atomic E-state index is 5.13. The summed E-state index contributed by atoms with van der Waals surface area (Å²) < 4.78 is 5.13. The Morgan fingerprint density at radius 3 is 2.38 bits per heavy atom. The number of aromatic nitrogens is 2. The van der Waals surface area contributed by atoms with Crippen molar-refractivity contribution in [3.05, 3.63) is 11.4 Å². The minimum Gasteiger partial charge on any atom is -0.385 e. The Kier molecular flexibility index (Phi) is 7.43. The molecular formula is C16H30N4O. The number of nitrogens with one attached hydrogen (secondary N) is 2. The van der Waals surface area contributed by atoms with Gasteiger partial charge in [0.2, 0.25) is 0 Å². The molecule has 120 valence electrons. The molecule has 0 aromatic carbocycles. The van der Waals surface area contributed by atoms with Crippen LogP contribution in [0.15, 0.2) is 0 Å². The highest BCUT2D eigenvalue weighted by molar-refractivity contribution is 5.57. The third-order valence-corrected chi connectivity index (χ3v) is 3.36. The average molecular weight is 294 g/mol. The van der Waals surface area contributed by atoms with Gasteiger partial charge in [-0.05, 0) is 26.7 Å². The summed E-state index contributed by atoms with van der Waals surface area (Å²) in [6.07, 6.45) is 2.03. The Hall–Kier alpha value is -1.36. The Morgan fingerprint density at radius 2 is 1.81 bits per heavy atom. The van der Waals surface area contributed by atoms with Crippen molar-refractivity contribution in [2.45, 2.75) is 59.4 Å². The summed E-state index contributed by atoms with van der Waals surface area (Å²) >= 11 is 0. The lowest BCUT2D eigenvalue weighted by Crippen LogP contribution is -2.20. The number of anilines is 2. The molecule has 5 heteroatoms. The number of hydrogen-bond acceptors (Lipinski definition) is 5. The van der Waals surface area contributed by atoms with E-state index in [-0.39, 0.29) is 0 Å². The lowest BCUT2D eigenvalue weighted by atomic mass is 10.2. The summed E-state index contributed by atoms with van der Waals surface area (Å²) in [4.78, 5) is 9.34. The van der Waals surface area contributed by atoms with Crippen molar-refractivity contribution in [2.75, 3.05) is 30.9 Å². The number of hydrogen-bond donors (Lipinski definition) is 2. The second kappa shape index (κ2) is 8.82. The molecular weight excluding hydrogens is 264 g/mol. The van der Waals surface area contributed by atoms with E-state index >= 15 is 0 Å². The Bertz CT molecular complexity index is 435. The molecule has 0 saturated heterocycles. The van der Waals surface area contributed by atoms with Gasteiger partial charge in [-0.25, -0.2) is 9.97 Å². The topological polar surface area (TPSA) is 59.1 Å². The van der Waals surface area contributed by atoms with Crippen molar-refractivity contribution in [1.29, 1.82) is 0 Å². The first-order valence-corrected chi connectivity index (χ1v) is 7.87. The van der Waals surface area contributed by atoms with E-state index in [4.69, 9.17) is 4.74 Å². The lowest BCUT2D eigenvalue weighted by molar-refractivity contribution is 0.191. The van der Waals surface area contributed by atoms with Gasteiger partial charge in [-0.2, -0.15) is 0 Å². The predicted molar refractivity (Wildman–Crippen MR) is 89.2 cm³/mol. The number of ether oxygens (including phenoxy) is 1. The van der Waals surface area contributed by atoms with E-state index in [1.807, 2.05) is 0 Å². The van der Waals surface area contributed by atoms with Gasteiger partial charge in [-0.1, -0.05) is 20.8 Å². The number of rotatable bonds is 9. The lowest BCUT2D eigenvalue weighted by Gasteiger charge is -2.19. The Morgan fingerprint density at radius 1 is 1.14 bits per heavy atom. The van der Waals surface area contributed by atoms with Crippen molar-refractivity contribution >= 4 is 11.6 Å². The van der Waals surface area contributed by atoms with E-state index in [1.165, 1.54) is 0 Å². The average Bonchev–Trinajstić information content (AvgIpc) is 2.45. The van der Waals surface area contributed by atoms with Crippen molar-refractivity contribution in [2.24, 2.45) is 0 Å². The fraction of sp³-hybridized carbons (Fsp3) is 0.750. The highest BCUT2D eigenvalue weighted by atomic mass is 16.5. The molecule has 5 nitrogen and oxygen atoms in total. The molecule has 0 saturated carbocycles. The molecule has 0 aliphatic rings. The van der Waals surface area contributed by atoms with Gasteiger partial charge in [0.25, 0.3) is 0 Å². The van der Waals surface area contributed by atoms with E-state index in [9.17, 15) is 0 Å². The first-order chi connectivity index (χ1) is 9.99. The molecule has 0 radical (unpaired) electrons. The number of methoxy groups -OCH3 is 1. The maximum Gasteiger partial charge on any atom is 0.135 e. The van der Waals surface area contributed by atoms with E-state index in [2.05, 4.69) is 55.2 Å². The zero-order valence-corrected chi connectivity index (χ0v) is 14.3. The molecule has 1 aromatic heterocycles. The monoisotopic (exact) mass is 294 g/mol. The van der Waals surface area contributed by atoms with Gasteiger partial charge < -0.3 is 15.4 Å². The van der Waals surface area contributed by atoms with Crippen LogP contribution in [0.25, 0.3) is 0 Å². The molecule has 2 N–H and O–H groups in total. The third-order valence-electron chi connectivity index (χ3n) is 3.36. The van der Waals surface area contributed by atoms with Crippen LogP contribution in [0.4, 0.5) is 11.6 Å². The van der Waals surface area contributed by atoms with Crippen LogP contribution in [0.2, 0.25) is 0 Å². The number of nitrogens with zero attached hydrogens (tertiary/aromatic N) is 2. The molecule has 0 amide bonds. The van der Waals surface area contributed by atoms with Crippen LogP contribution in [-0.2, 0) is 4.74 Å². The SMILES string of the molecule is CCCNc1nc(C(C)C)nc(NC(C)CCOC)c1C. The fourth-order valence-electron chi connectivity index (χ4n) is 1.95. The van der Waals surface area contributed by atoms with Crippen molar-refractivity contribution < 1.29 is 4.74 Å². The highest BCUT2D eigenvalue weighted by Gasteiger charge is 2.14. The van der Waals surface area contributed by atoms with E-state index in [0.29, 0.717) is 12.0 Å². The van der Waals surface area contributed by atoms with Crippen LogP contribution in [-0.4, -0.2) is 36.3 Å². The minimum absolute atomic E-state index is 0.308. The summed E-state index contributed by atoms with van der Waals surface area (Å²) in [5, 5.41) is 6.88. The Balaban J connectivity index is 2.96. The highest BCUT2D eigenvalue weighted by Crippen LogP contribution is 2.24. The van der Waals surface area contributed by atoms with Gasteiger partial charge in [0.05, 0.1) is 0 Å². The summed E-state index contributed by atoms with van der Waals surface area (Å²) in [7, 11) is 1.73. The zero-order chi connectivity index (χ0) is 15.8. The summed E-state index contributed by atoms with van der Waals surface area (Å²) in [6.45, 7) is 12.3. The molecule has 0 bridgehead atoms. The second-order valence-corrected chi connectivity index (χ2v) is 5.81. The molecule has 0 aliphatic carbocycles. The molecule has 1 atom stereocenters. The van der Waals surface area contributed by atoms with Gasteiger partial charge in [-0.15, -0.1) is 0 Å². The molecule has 1 aromatic rings. The fourth-order valence-corrected chi connectivity index (χ4v) is 1.95. The zero-order valence-electron chi connectivity index (χ0n) is 14.3. The summed E-state index contributed by atoms with van der Waals surface area (Å²) in [5.74, 6) is 3.05. The smallest absolute Gasteiger partial charge is 0.135 e. The van der Waals surface area contributed by atoms with Crippen LogP contribution in [0, 0.1) is 6.92 Å². The molecule has 0 aliphatic heterocycles. The predicted octanol–water partition coefficient (Wildman–Crippen LogP) is 3.57.